The zero-order valence-electron chi connectivity index (χ0n) is 15.3. The van der Waals surface area contributed by atoms with Crippen LogP contribution in [-0.2, 0) is 14.3 Å². The van der Waals surface area contributed by atoms with Crippen molar-refractivity contribution in [1.29, 1.82) is 0 Å². The van der Waals surface area contributed by atoms with E-state index in [9.17, 15) is 9.59 Å². The molecular formula is C18H32N2O4. The predicted octanol–water partition coefficient (Wildman–Crippen LogP) is 2.85. The lowest BCUT2D eigenvalue weighted by atomic mass is 9.98. The minimum absolute atomic E-state index is 0.111. The van der Waals surface area contributed by atoms with Crippen LogP contribution in [0.5, 0.6) is 0 Å². The zero-order chi connectivity index (χ0) is 17.6. The maximum atomic E-state index is 12.0. The number of alkyl carbamates (subject to hydrolysis) is 1. The van der Waals surface area contributed by atoms with Crippen LogP contribution in [0.1, 0.15) is 65.7 Å². The number of hydrogen-bond donors (Lipinski definition) is 1. The molecule has 138 valence electrons. The molecule has 6 heteroatoms. The average Bonchev–Trinajstić information content (AvgIpc) is 2.48. The highest BCUT2D eigenvalue weighted by atomic mass is 16.6. The van der Waals surface area contributed by atoms with Gasteiger partial charge < -0.3 is 14.8 Å². The van der Waals surface area contributed by atoms with Crippen molar-refractivity contribution in [2.24, 2.45) is 0 Å². The molecule has 2 rings (SSSR count). The molecule has 1 N–H and O–H groups in total. The fourth-order valence-electron chi connectivity index (χ4n) is 3.30. The van der Waals surface area contributed by atoms with Gasteiger partial charge in [-0.1, -0.05) is 6.42 Å². The van der Waals surface area contributed by atoms with E-state index in [0.717, 1.165) is 38.8 Å². The van der Waals surface area contributed by atoms with Crippen LogP contribution in [-0.4, -0.2) is 54.3 Å². The Bertz CT molecular complexity index is 419. The molecule has 0 unspecified atom stereocenters. The normalized spacial score (nSPS) is 21.3. The SMILES string of the molecule is CC(C)(C)OC(=O)NC1CCN(CC(=O)OC2CCCCC2)CC1. The highest BCUT2D eigenvalue weighted by Crippen LogP contribution is 2.20. The van der Waals surface area contributed by atoms with E-state index in [0.29, 0.717) is 6.54 Å². The van der Waals surface area contributed by atoms with Crippen molar-refractivity contribution in [1.82, 2.24) is 10.2 Å². The Balaban J connectivity index is 1.63. The summed E-state index contributed by atoms with van der Waals surface area (Å²) in [5, 5.41) is 2.91. The van der Waals surface area contributed by atoms with Gasteiger partial charge in [-0.15, -0.1) is 0 Å². The van der Waals surface area contributed by atoms with Gasteiger partial charge in [0.2, 0.25) is 0 Å². The topological polar surface area (TPSA) is 67.9 Å². The molecule has 1 aliphatic carbocycles. The number of nitrogens with one attached hydrogen (secondary N) is 1. The van der Waals surface area contributed by atoms with Crippen LogP contribution in [0.15, 0.2) is 0 Å². The molecule has 0 spiro atoms. The number of nitrogens with zero attached hydrogens (tertiary/aromatic N) is 1. The third-order valence-electron chi connectivity index (χ3n) is 4.51. The maximum Gasteiger partial charge on any atom is 0.407 e. The van der Waals surface area contributed by atoms with Gasteiger partial charge in [0.25, 0.3) is 0 Å². The molecule has 1 amide bonds. The molecule has 0 aromatic heterocycles. The van der Waals surface area contributed by atoms with Crippen molar-refractivity contribution in [2.45, 2.75) is 83.5 Å². The molecular weight excluding hydrogens is 308 g/mol. The van der Waals surface area contributed by atoms with E-state index in [1.807, 2.05) is 20.8 Å². The van der Waals surface area contributed by atoms with E-state index in [4.69, 9.17) is 9.47 Å². The number of carbonyl (C=O) groups is 2. The van der Waals surface area contributed by atoms with Gasteiger partial charge in [0.15, 0.2) is 0 Å². The van der Waals surface area contributed by atoms with Gasteiger partial charge in [-0.2, -0.15) is 0 Å². The second kappa shape index (κ2) is 8.70. The van der Waals surface area contributed by atoms with E-state index in [2.05, 4.69) is 10.2 Å². The van der Waals surface area contributed by atoms with Crippen molar-refractivity contribution in [3.63, 3.8) is 0 Å². The first-order chi connectivity index (χ1) is 11.3. The van der Waals surface area contributed by atoms with Crippen LogP contribution in [0.3, 0.4) is 0 Å². The molecule has 1 aliphatic heterocycles. The number of rotatable bonds is 4. The van der Waals surface area contributed by atoms with Crippen LogP contribution in [0.4, 0.5) is 4.79 Å². The third kappa shape index (κ3) is 7.07. The number of amides is 1. The molecule has 0 atom stereocenters. The lowest BCUT2D eigenvalue weighted by Crippen LogP contribution is -2.47. The lowest BCUT2D eigenvalue weighted by molar-refractivity contribution is -0.152. The summed E-state index contributed by atoms with van der Waals surface area (Å²) < 4.78 is 10.8. The van der Waals surface area contributed by atoms with Crippen LogP contribution in [0.2, 0.25) is 0 Å². The predicted molar refractivity (Wildman–Crippen MR) is 91.8 cm³/mol. The monoisotopic (exact) mass is 340 g/mol. The Morgan fingerprint density at radius 3 is 2.25 bits per heavy atom. The van der Waals surface area contributed by atoms with Crippen LogP contribution < -0.4 is 5.32 Å². The van der Waals surface area contributed by atoms with Gasteiger partial charge in [-0.3, -0.25) is 9.69 Å². The Kier molecular flexibility index (Phi) is 6.90. The number of piperidine rings is 1. The van der Waals surface area contributed by atoms with Crippen LogP contribution >= 0.6 is 0 Å². The molecule has 1 heterocycles. The summed E-state index contributed by atoms with van der Waals surface area (Å²) in [6.45, 7) is 7.50. The molecule has 1 saturated carbocycles. The molecule has 24 heavy (non-hydrogen) atoms. The largest absolute Gasteiger partial charge is 0.461 e. The molecule has 0 bridgehead atoms. The first-order valence-corrected chi connectivity index (χ1v) is 9.23. The second-order valence-corrected chi connectivity index (χ2v) is 7.95. The summed E-state index contributed by atoms with van der Waals surface area (Å²) in [6, 6.07) is 0.116. The second-order valence-electron chi connectivity index (χ2n) is 7.95. The molecule has 0 radical (unpaired) electrons. The summed E-state index contributed by atoms with van der Waals surface area (Å²) >= 11 is 0. The quantitative estimate of drug-likeness (QED) is 0.797. The number of esters is 1. The highest BCUT2D eigenvalue weighted by Gasteiger charge is 2.25. The summed E-state index contributed by atoms with van der Waals surface area (Å²) in [5.74, 6) is -0.111. The van der Waals surface area contributed by atoms with Gasteiger partial charge >= 0.3 is 12.1 Å². The first-order valence-electron chi connectivity index (χ1n) is 9.23. The number of carbonyl (C=O) groups excluding carboxylic acids is 2. The van der Waals surface area contributed by atoms with E-state index in [1.54, 1.807) is 0 Å². The van der Waals surface area contributed by atoms with E-state index in [-0.39, 0.29) is 24.2 Å². The molecule has 0 aromatic carbocycles. The Hall–Kier alpha value is -1.30. The van der Waals surface area contributed by atoms with Crippen molar-refractivity contribution < 1.29 is 19.1 Å². The molecule has 2 aliphatic rings. The lowest BCUT2D eigenvalue weighted by Gasteiger charge is -2.32. The summed E-state index contributed by atoms with van der Waals surface area (Å²) in [5.41, 5.74) is -0.479. The minimum atomic E-state index is -0.479. The van der Waals surface area contributed by atoms with E-state index >= 15 is 0 Å². The molecule has 1 saturated heterocycles. The Morgan fingerprint density at radius 1 is 1.04 bits per heavy atom. The molecule has 6 nitrogen and oxygen atoms in total. The van der Waals surface area contributed by atoms with Gasteiger partial charge in [-0.25, -0.2) is 4.79 Å². The maximum absolute atomic E-state index is 12.0. The third-order valence-corrected chi connectivity index (χ3v) is 4.51. The number of ether oxygens (including phenoxy) is 2. The van der Waals surface area contributed by atoms with Gasteiger partial charge in [0.05, 0.1) is 6.54 Å². The Morgan fingerprint density at radius 2 is 1.67 bits per heavy atom. The average molecular weight is 340 g/mol. The molecule has 0 aromatic rings. The Labute approximate surface area is 145 Å². The van der Waals surface area contributed by atoms with E-state index < -0.39 is 5.60 Å². The standard InChI is InChI=1S/C18H32N2O4/c1-18(2,3)24-17(22)19-14-9-11-20(12-10-14)13-16(21)23-15-7-5-4-6-8-15/h14-15H,4-13H2,1-3H3,(H,19,22). The summed E-state index contributed by atoms with van der Waals surface area (Å²) in [4.78, 5) is 25.9. The minimum Gasteiger partial charge on any atom is -0.461 e. The van der Waals surface area contributed by atoms with Crippen molar-refractivity contribution in [3.8, 4) is 0 Å². The fraction of sp³-hybridized carbons (Fsp3) is 0.889. The van der Waals surface area contributed by atoms with Gasteiger partial charge in [-0.05, 0) is 59.3 Å². The zero-order valence-corrected chi connectivity index (χ0v) is 15.3. The van der Waals surface area contributed by atoms with Crippen molar-refractivity contribution in [2.75, 3.05) is 19.6 Å². The smallest absolute Gasteiger partial charge is 0.407 e. The van der Waals surface area contributed by atoms with Crippen LogP contribution in [0, 0.1) is 0 Å². The van der Waals surface area contributed by atoms with Crippen molar-refractivity contribution in [3.05, 3.63) is 0 Å². The molecule has 2 fully saturated rings. The van der Waals surface area contributed by atoms with Gasteiger partial charge in [0.1, 0.15) is 11.7 Å². The fourth-order valence-corrected chi connectivity index (χ4v) is 3.30. The number of likely N-dealkylation sites (tertiary alicyclic amines) is 1. The summed E-state index contributed by atoms with van der Waals surface area (Å²) in [6.07, 6.45) is 7.02. The van der Waals surface area contributed by atoms with E-state index in [1.165, 1.54) is 19.3 Å². The van der Waals surface area contributed by atoms with Gasteiger partial charge in [0, 0.05) is 19.1 Å². The van der Waals surface area contributed by atoms with Crippen LogP contribution in [0.25, 0.3) is 0 Å². The highest BCUT2D eigenvalue weighted by molar-refractivity contribution is 5.72. The summed E-state index contributed by atoms with van der Waals surface area (Å²) in [7, 11) is 0. The number of hydrogen-bond acceptors (Lipinski definition) is 5. The van der Waals surface area contributed by atoms with Crippen molar-refractivity contribution >= 4 is 12.1 Å². The first kappa shape index (κ1) is 19.0.